The molecule has 0 bridgehead atoms. The molecule has 0 aromatic heterocycles. The minimum atomic E-state index is -4.20. The second kappa shape index (κ2) is 13.9. The Kier molecular flexibility index (Phi) is 12.8. The Labute approximate surface area is 200 Å². The highest BCUT2D eigenvalue weighted by atomic mass is 32.2. The summed E-state index contributed by atoms with van der Waals surface area (Å²) < 4.78 is 35.0. The zero-order chi connectivity index (χ0) is 24.4. The fourth-order valence-electron chi connectivity index (χ4n) is 6.00. The molecule has 0 saturated carbocycles. The first-order valence-corrected chi connectivity index (χ1v) is 14.9. The maximum Gasteiger partial charge on any atom is 0.290 e. The Hall–Kier alpha value is -0.610. The number of rotatable bonds is 16. The molecule has 0 fully saturated rings. The van der Waals surface area contributed by atoms with E-state index in [0.717, 1.165) is 19.3 Å². The van der Waals surface area contributed by atoms with Crippen LogP contribution in [0, 0.1) is 23.2 Å². The maximum absolute atomic E-state index is 12.4. The van der Waals surface area contributed by atoms with E-state index >= 15 is 0 Å². The molecule has 0 heterocycles. The van der Waals surface area contributed by atoms with Crippen LogP contribution in [0.15, 0.2) is 22.1 Å². The second-order valence-electron chi connectivity index (χ2n) is 10.5. The summed E-state index contributed by atoms with van der Waals surface area (Å²) in [5, 5.41) is 0. The van der Waals surface area contributed by atoms with Gasteiger partial charge in [0.1, 0.15) is 0 Å². The molecule has 0 aliphatic heterocycles. The Morgan fingerprint density at radius 2 is 1.28 bits per heavy atom. The third kappa shape index (κ3) is 7.72. The van der Waals surface area contributed by atoms with Crippen LogP contribution in [0.3, 0.4) is 0 Å². The van der Waals surface area contributed by atoms with E-state index in [1.165, 1.54) is 68.9 Å². The molecule has 1 aliphatic rings. The molecule has 3 nitrogen and oxygen atoms in total. The van der Waals surface area contributed by atoms with Crippen LogP contribution in [0.2, 0.25) is 0 Å². The zero-order valence-corrected chi connectivity index (χ0v) is 23.0. The van der Waals surface area contributed by atoms with Crippen molar-refractivity contribution in [2.45, 2.75) is 132 Å². The molecule has 1 rings (SSSR count). The van der Waals surface area contributed by atoms with Gasteiger partial charge in [0, 0.05) is 11.8 Å². The molecule has 0 radical (unpaired) electrons. The summed E-state index contributed by atoms with van der Waals surface area (Å²) in [6.45, 7) is 15.8. The molecular formula is C28H52O3S. The van der Waals surface area contributed by atoms with Crippen molar-refractivity contribution in [3.05, 3.63) is 22.1 Å². The average Bonchev–Trinajstić information content (AvgIpc) is 2.73. The molecule has 4 heteroatoms. The molecule has 1 N–H and O–H groups in total. The van der Waals surface area contributed by atoms with Crippen molar-refractivity contribution in [2.75, 3.05) is 0 Å². The van der Waals surface area contributed by atoms with Crippen LogP contribution < -0.4 is 0 Å². The summed E-state index contributed by atoms with van der Waals surface area (Å²) >= 11 is 0. The van der Waals surface area contributed by atoms with E-state index in [0.29, 0.717) is 24.2 Å². The smallest absolute Gasteiger partial charge is 0.282 e. The Morgan fingerprint density at radius 1 is 0.844 bits per heavy atom. The molecule has 0 aromatic rings. The minimum Gasteiger partial charge on any atom is -0.282 e. The average molecular weight is 469 g/mol. The van der Waals surface area contributed by atoms with Gasteiger partial charge < -0.3 is 0 Å². The molecule has 3 atom stereocenters. The van der Waals surface area contributed by atoms with E-state index in [1.54, 1.807) is 0 Å². The quantitative estimate of drug-likeness (QED) is 0.139. The van der Waals surface area contributed by atoms with Gasteiger partial charge in [0.25, 0.3) is 10.1 Å². The van der Waals surface area contributed by atoms with Crippen molar-refractivity contribution in [3.63, 3.8) is 0 Å². The monoisotopic (exact) mass is 468 g/mol. The third-order valence-corrected chi connectivity index (χ3v) is 9.10. The van der Waals surface area contributed by atoms with Gasteiger partial charge in [0.2, 0.25) is 0 Å². The largest absolute Gasteiger partial charge is 0.290 e. The predicted molar refractivity (Wildman–Crippen MR) is 139 cm³/mol. The van der Waals surface area contributed by atoms with E-state index < -0.39 is 10.1 Å². The zero-order valence-electron chi connectivity index (χ0n) is 22.2. The van der Waals surface area contributed by atoms with Crippen molar-refractivity contribution in [3.8, 4) is 0 Å². The standard InChI is InChI=1S/C28H52O3S/c1-8-11-14-17-22(4)27-20-26(32(29,30)31)21-28(25(27)7,23(5)18-15-12-9-2)24(6)19-16-13-10-3/h21-24H,8-20H2,1-7H3,(H,29,30,31). The van der Waals surface area contributed by atoms with Gasteiger partial charge in [0.05, 0.1) is 4.91 Å². The number of hydrogen-bond acceptors (Lipinski definition) is 2. The van der Waals surface area contributed by atoms with Gasteiger partial charge in [-0.1, -0.05) is 117 Å². The van der Waals surface area contributed by atoms with Gasteiger partial charge in [-0.25, -0.2) is 0 Å². The second-order valence-corrected chi connectivity index (χ2v) is 12.0. The first kappa shape index (κ1) is 29.4. The van der Waals surface area contributed by atoms with Gasteiger partial charge in [0.15, 0.2) is 0 Å². The highest BCUT2D eigenvalue weighted by molar-refractivity contribution is 7.89. The summed E-state index contributed by atoms with van der Waals surface area (Å²) in [5.41, 5.74) is 2.36. The van der Waals surface area contributed by atoms with Crippen LogP contribution in [-0.4, -0.2) is 13.0 Å². The van der Waals surface area contributed by atoms with Crippen molar-refractivity contribution < 1.29 is 13.0 Å². The molecule has 0 aromatic carbocycles. The lowest BCUT2D eigenvalue weighted by Crippen LogP contribution is -2.39. The van der Waals surface area contributed by atoms with E-state index in [4.69, 9.17) is 0 Å². The minimum absolute atomic E-state index is 0.241. The summed E-state index contributed by atoms with van der Waals surface area (Å²) in [7, 11) is -4.20. The summed E-state index contributed by atoms with van der Waals surface area (Å²) in [4.78, 5) is 0.241. The highest BCUT2D eigenvalue weighted by Gasteiger charge is 2.45. The predicted octanol–water partition coefficient (Wildman–Crippen LogP) is 9.11. The molecular weight excluding hydrogens is 416 g/mol. The number of unbranched alkanes of at least 4 members (excludes halogenated alkanes) is 6. The molecule has 188 valence electrons. The lowest BCUT2D eigenvalue weighted by atomic mass is 9.57. The SMILES string of the molecule is CCCCCC(C)C1=C(C)C(C(C)CCCCC)(C(C)CCCCC)C=C(S(=O)(=O)O)C1. The van der Waals surface area contributed by atoms with Crippen molar-refractivity contribution in [1.82, 2.24) is 0 Å². The summed E-state index contributed by atoms with van der Waals surface area (Å²) in [6.07, 6.45) is 16.4. The van der Waals surface area contributed by atoms with Crippen LogP contribution in [0.25, 0.3) is 0 Å². The van der Waals surface area contributed by atoms with Gasteiger partial charge >= 0.3 is 0 Å². The highest BCUT2D eigenvalue weighted by Crippen LogP contribution is 2.54. The van der Waals surface area contributed by atoms with E-state index in [2.05, 4.69) is 48.5 Å². The van der Waals surface area contributed by atoms with Crippen LogP contribution >= 0.6 is 0 Å². The molecule has 32 heavy (non-hydrogen) atoms. The van der Waals surface area contributed by atoms with Crippen molar-refractivity contribution in [2.24, 2.45) is 23.2 Å². The summed E-state index contributed by atoms with van der Waals surface area (Å²) in [6, 6.07) is 0. The first-order valence-electron chi connectivity index (χ1n) is 13.4. The van der Waals surface area contributed by atoms with E-state index in [9.17, 15) is 13.0 Å². The molecule has 1 aliphatic carbocycles. The first-order chi connectivity index (χ1) is 15.1. The molecule has 0 amide bonds. The third-order valence-electron chi connectivity index (χ3n) is 8.17. The fraction of sp³-hybridized carbons (Fsp3) is 0.857. The number of hydrogen-bond donors (Lipinski definition) is 1. The lowest BCUT2D eigenvalue weighted by Gasteiger charge is -2.48. The van der Waals surface area contributed by atoms with Crippen LogP contribution in [-0.2, 0) is 10.1 Å². The van der Waals surface area contributed by atoms with Gasteiger partial charge in [-0.3, -0.25) is 4.55 Å². The Bertz CT molecular complexity index is 701. The maximum atomic E-state index is 12.4. The molecule has 0 saturated heterocycles. The molecule has 0 spiro atoms. The van der Waals surface area contributed by atoms with Crippen LogP contribution in [0.4, 0.5) is 0 Å². The topological polar surface area (TPSA) is 54.4 Å². The Balaban J connectivity index is 3.53. The van der Waals surface area contributed by atoms with Crippen molar-refractivity contribution >= 4 is 10.1 Å². The van der Waals surface area contributed by atoms with E-state index in [1.807, 2.05) is 6.08 Å². The normalized spacial score (nSPS) is 22.6. The molecule has 3 unspecified atom stereocenters. The Morgan fingerprint density at radius 3 is 1.69 bits per heavy atom. The van der Waals surface area contributed by atoms with Crippen molar-refractivity contribution in [1.29, 1.82) is 0 Å². The van der Waals surface area contributed by atoms with Gasteiger partial charge in [-0.05, 0) is 43.9 Å². The van der Waals surface area contributed by atoms with Gasteiger partial charge in [-0.2, -0.15) is 8.42 Å². The number of allylic oxidation sites excluding steroid dienone is 4. The van der Waals surface area contributed by atoms with Crippen LogP contribution in [0.5, 0.6) is 0 Å². The van der Waals surface area contributed by atoms with Crippen LogP contribution in [0.1, 0.15) is 132 Å². The van der Waals surface area contributed by atoms with Gasteiger partial charge in [-0.15, -0.1) is 0 Å². The fourth-order valence-corrected chi connectivity index (χ4v) is 6.68. The summed E-state index contributed by atoms with van der Waals surface area (Å²) in [5.74, 6) is 1.04. The van der Waals surface area contributed by atoms with E-state index in [-0.39, 0.29) is 10.3 Å². The lowest BCUT2D eigenvalue weighted by molar-refractivity contribution is 0.167.